The molecule has 0 aromatic carbocycles. The van der Waals surface area contributed by atoms with Crippen LogP contribution in [-0.4, -0.2) is 50.3 Å². The van der Waals surface area contributed by atoms with Crippen LogP contribution in [0.1, 0.15) is 25.7 Å². The monoisotopic (exact) mass is 248 g/mol. The molecule has 16 heavy (non-hydrogen) atoms. The van der Waals surface area contributed by atoms with Crippen molar-refractivity contribution in [2.75, 3.05) is 25.4 Å². The number of ether oxygens (including phenoxy) is 1. The normalized spacial score (nSPS) is 32.3. The minimum absolute atomic E-state index is 0.00593. The third-order valence-corrected chi connectivity index (χ3v) is 5.36. The highest BCUT2D eigenvalue weighted by molar-refractivity contribution is 7.89. The minimum Gasteiger partial charge on any atom is -0.377 e. The van der Waals surface area contributed by atoms with Gasteiger partial charge in [-0.2, -0.15) is 4.31 Å². The van der Waals surface area contributed by atoms with E-state index in [2.05, 4.69) is 0 Å². The highest BCUT2D eigenvalue weighted by atomic mass is 32.2. The molecular weight excluding hydrogens is 228 g/mol. The van der Waals surface area contributed by atoms with E-state index in [1.807, 2.05) is 0 Å². The lowest BCUT2D eigenvalue weighted by Gasteiger charge is -2.24. The Morgan fingerprint density at radius 1 is 1.31 bits per heavy atom. The van der Waals surface area contributed by atoms with Crippen LogP contribution in [0.15, 0.2) is 0 Å². The lowest BCUT2D eigenvalue weighted by molar-refractivity contribution is 0.126. The fraction of sp³-hybridized carbons (Fsp3) is 1.00. The Hall–Kier alpha value is -0.170. The Morgan fingerprint density at radius 3 is 2.75 bits per heavy atom. The zero-order valence-corrected chi connectivity index (χ0v) is 10.3. The second-order valence-corrected chi connectivity index (χ2v) is 6.52. The van der Waals surface area contributed by atoms with Crippen molar-refractivity contribution in [1.82, 2.24) is 4.31 Å². The molecule has 94 valence electrons. The van der Waals surface area contributed by atoms with Gasteiger partial charge in [0.05, 0.1) is 11.9 Å². The molecule has 2 saturated heterocycles. The fourth-order valence-corrected chi connectivity index (χ4v) is 4.49. The Kier molecular flexibility index (Phi) is 3.84. The van der Waals surface area contributed by atoms with Gasteiger partial charge in [-0.3, -0.25) is 0 Å². The average Bonchev–Trinajstić information content (AvgIpc) is 2.85. The number of rotatable bonds is 4. The molecule has 0 spiro atoms. The third-order valence-electron chi connectivity index (χ3n) is 3.37. The van der Waals surface area contributed by atoms with Crippen molar-refractivity contribution in [3.63, 3.8) is 0 Å². The van der Waals surface area contributed by atoms with Crippen LogP contribution in [0.4, 0.5) is 0 Å². The van der Waals surface area contributed by atoms with Gasteiger partial charge in [0.1, 0.15) is 0 Å². The van der Waals surface area contributed by atoms with Crippen LogP contribution in [0.25, 0.3) is 0 Å². The van der Waals surface area contributed by atoms with E-state index >= 15 is 0 Å². The summed E-state index contributed by atoms with van der Waals surface area (Å²) in [5, 5.41) is 0. The second kappa shape index (κ2) is 5.00. The van der Waals surface area contributed by atoms with Crippen LogP contribution in [-0.2, 0) is 14.8 Å². The van der Waals surface area contributed by atoms with Crippen LogP contribution in [0.3, 0.4) is 0 Å². The van der Waals surface area contributed by atoms with E-state index < -0.39 is 10.0 Å². The van der Waals surface area contributed by atoms with Gasteiger partial charge < -0.3 is 10.5 Å². The highest BCUT2D eigenvalue weighted by Gasteiger charge is 2.35. The predicted molar refractivity (Wildman–Crippen MR) is 61.5 cm³/mol. The van der Waals surface area contributed by atoms with Crippen molar-refractivity contribution in [3.05, 3.63) is 0 Å². The highest BCUT2D eigenvalue weighted by Crippen LogP contribution is 2.23. The summed E-state index contributed by atoms with van der Waals surface area (Å²) in [6.07, 6.45) is 3.54. The second-order valence-electron chi connectivity index (χ2n) is 4.56. The molecule has 2 atom stereocenters. The summed E-state index contributed by atoms with van der Waals surface area (Å²) in [6.45, 7) is 1.74. The molecule has 2 rings (SSSR count). The van der Waals surface area contributed by atoms with Crippen molar-refractivity contribution < 1.29 is 13.2 Å². The summed E-state index contributed by atoms with van der Waals surface area (Å²) >= 11 is 0. The SMILES string of the molecule is NCC1CCCN1S(=O)(=O)CC1CCCO1. The predicted octanol–water partition coefficient (Wildman–Crippen LogP) is -0.0817. The van der Waals surface area contributed by atoms with E-state index in [1.54, 1.807) is 4.31 Å². The topological polar surface area (TPSA) is 72.6 Å². The van der Waals surface area contributed by atoms with Gasteiger partial charge in [0, 0.05) is 25.7 Å². The molecule has 2 unspecified atom stereocenters. The van der Waals surface area contributed by atoms with E-state index in [1.165, 1.54) is 0 Å². The number of nitrogens with two attached hydrogens (primary N) is 1. The van der Waals surface area contributed by atoms with Gasteiger partial charge in [-0.1, -0.05) is 0 Å². The lowest BCUT2D eigenvalue weighted by atomic mass is 10.2. The van der Waals surface area contributed by atoms with E-state index in [0.717, 1.165) is 25.7 Å². The molecule has 2 aliphatic rings. The molecule has 2 fully saturated rings. The van der Waals surface area contributed by atoms with Crippen molar-refractivity contribution in [2.45, 2.75) is 37.8 Å². The molecule has 0 aromatic rings. The zero-order chi connectivity index (χ0) is 11.6. The van der Waals surface area contributed by atoms with Crippen molar-refractivity contribution in [1.29, 1.82) is 0 Å². The van der Waals surface area contributed by atoms with Crippen LogP contribution in [0, 0.1) is 0 Å². The third kappa shape index (κ3) is 2.56. The largest absolute Gasteiger partial charge is 0.377 e. The van der Waals surface area contributed by atoms with E-state index in [0.29, 0.717) is 19.7 Å². The Bertz CT molecular complexity index is 325. The van der Waals surface area contributed by atoms with E-state index in [-0.39, 0.29) is 17.9 Å². The first-order valence-corrected chi connectivity index (χ1v) is 7.55. The Balaban J connectivity index is 2.00. The summed E-state index contributed by atoms with van der Waals surface area (Å²) in [7, 11) is -3.18. The van der Waals surface area contributed by atoms with Gasteiger partial charge in [-0.25, -0.2) is 8.42 Å². The summed E-state index contributed by atoms with van der Waals surface area (Å²) in [5.74, 6) is 0.128. The Labute approximate surface area is 97.0 Å². The zero-order valence-electron chi connectivity index (χ0n) is 9.47. The standard InChI is InChI=1S/C10H20N2O3S/c11-7-9-3-1-5-12(9)16(13,14)8-10-4-2-6-15-10/h9-10H,1-8,11H2. The molecule has 0 bridgehead atoms. The smallest absolute Gasteiger partial charge is 0.216 e. The van der Waals surface area contributed by atoms with Gasteiger partial charge in [0.2, 0.25) is 10.0 Å². The van der Waals surface area contributed by atoms with Gasteiger partial charge in [0.25, 0.3) is 0 Å². The summed E-state index contributed by atoms with van der Waals surface area (Å²) < 4.78 is 31.3. The molecule has 0 radical (unpaired) electrons. The summed E-state index contributed by atoms with van der Waals surface area (Å²) in [5.41, 5.74) is 5.59. The Morgan fingerprint density at radius 2 is 2.12 bits per heavy atom. The number of sulfonamides is 1. The first-order chi connectivity index (χ1) is 7.63. The van der Waals surface area contributed by atoms with Gasteiger partial charge in [0.15, 0.2) is 0 Å². The molecule has 0 aliphatic carbocycles. The van der Waals surface area contributed by atoms with Gasteiger partial charge in [-0.15, -0.1) is 0 Å². The number of hydrogen-bond acceptors (Lipinski definition) is 4. The van der Waals surface area contributed by atoms with Gasteiger partial charge >= 0.3 is 0 Å². The van der Waals surface area contributed by atoms with Crippen molar-refractivity contribution >= 4 is 10.0 Å². The lowest BCUT2D eigenvalue weighted by Crippen LogP contribution is -2.43. The maximum atomic E-state index is 12.1. The van der Waals surface area contributed by atoms with Crippen LogP contribution < -0.4 is 5.73 Å². The fourth-order valence-electron chi connectivity index (χ4n) is 2.52. The quantitative estimate of drug-likeness (QED) is 0.755. The molecule has 2 aliphatic heterocycles. The van der Waals surface area contributed by atoms with Gasteiger partial charge in [-0.05, 0) is 25.7 Å². The van der Waals surface area contributed by atoms with Crippen LogP contribution in [0.5, 0.6) is 0 Å². The maximum Gasteiger partial charge on any atom is 0.216 e. The van der Waals surface area contributed by atoms with Crippen molar-refractivity contribution in [2.24, 2.45) is 5.73 Å². The molecule has 2 N–H and O–H groups in total. The van der Waals surface area contributed by atoms with E-state index in [4.69, 9.17) is 10.5 Å². The first kappa shape index (κ1) is 12.3. The van der Waals surface area contributed by atoms with Crippen molar-refractivity contribution in [3.8, 4) is 0 Å². The summed E-state index contributed by atoms with van der Waals surface area (Å²) in [6, 6.07) is 0.00593. The number of hydrogen-bond donors (Lipinski definition) is 1. The maximum absolute atomic E-state index is 12.1. The molecule has 0 aromatic heterocycles. The van der Waals surface area contributed by atoms with E-state index in [9.17, 15) is 8.42 Å². The molecular formula is C10H20N2O3S. The minimum atomic E-state index is -3.18. The summed E-state index contributed by atoms with van der Waals surface area (Å²) in [4.78, 5) is 0. The first-order valence-electron chi connectivity index (χ1n) is 5.94. The molecule has 2 heterocycles. The average molecular weight is 248 g/mol. The number of nitrogens with zero attached hydrogens (tertiary/aromatic N) is 1. The van der Waals surface area contributed by atoms with Crippen LogP contribution >= 0.6 is 0 Å². The van der Waals surface area contributed by atoms with Crippen LogP contribution in [0.2, 0.25) is 0 Å². The molecule has 6 heteroatoms. The molecule has 5 nitrogen and oxygen atoms in total. The molecule has 0 saturated carbocycles. The molecule has 0 amide bonds.